The van der Waals surface area contributed by atoms with Crippen LogP contribution in [0.15, 0.2) is 48.6 Å². The predicted octanol–water partition coefficient (Wildman–Crippen LogP) is 3.38. The number of allylic oxidation sites excluding steroid dienone is 2. The minimum absolute atomic E-state index is 0.126. The molecule has 0 aromatic heterocycles. The van der Waals surface area contributed by atoms with Crippen molar-refractivity contribution in [3.8, 4) is 0 Å². The predicted molar refractivity (Wildman–Crippen MR) is 79.0 cm³/mol. The van der Waals surface area contributed by atoms with Gasteiger partial charge in [0.25, 0.3) is 0 Å². The highest BCUT2D eigenvalue weighted by atomic mass is 16.4. The van der Waals surface area contributed by atoms with Crippen LogP contribution in [-0.4, -0.2) is 17.1 Å². The summed E-state index contributed by atoms with van der Waals surface area (Å²) in [6, 6.07) is 11.9. The van der Waals surface area contributed by atoms with Crippen molar-refractivity contribution in [3.63, 3.8) is 0 Å². The average molecular weight is 265 g/mol. The first-order valence-corrected chi connectivity index (χ1v) is 6.93. The standard InChI is InChI=1S/C17H15NO2/c19-17(20)16-13-7-3-6-12(13)14-9-8-10-4-1-2-5-11(10)15(14)18-16/h1-6,8-9,12-13,16,18H,7H2,(H,19,20)/t12-,13+,16-/m1/s1. The van der Waals surface area contributed by atoms with E-state index in [-0.39, 0.29) is 11.8 Å². The Morgan fingerprint density at radius 2 is 2.05 bits per heavy atom. The second-order valence-corrected chi connectivity index (χ2v) is 5.56. The summed E-state index contributed by atoms with van der Waals surface area (Å²) in [5, 5.41) is 15.0. The summed E-state index contributed by atoms with van der Waals surface area (Å²) >= 11 is 0. The van der Waals surface area contributed by atoms with E-state index in [0.717, 1.165) is 22.9 Å². The molecular formula is C17H15NO2. The number of hydrogen-bond donors (Lipinski definition) is 2. The van der Waals surface area contributed by atoms with Gasteiger partial charge in [-0.3, -0.25) is 0 Å². The summed E-state index contributed by atoms with van der Waals surface area (Å²) in [4.78, 5) is 11.6. The molecule has 0 amide bonds. The van der Waals surface area contributed by atoms with Gasteiger partial charge in [-0.2, -0.15) is 0 Å². The van der Waals surface area contributed by atoms with Crippen LogP contribution >= 0.6 is 0 Å². The summed E-state index contributed by atoms with van der Waals surface area (Å²) in [6.45, 7) is 0. The van der Waals surface area contributed by atoms with Crippen LogP contribution in [0.3, 0.4) is 0 Å². The average Bonchev–Trinajstić information content (AvgIpc) is 2.95. The van der Waals surface area contributed by atoms with Gasteiger partial charge in [0, 0.05) is 22.9 Å². The first-order chi connectivity index (χ1) is 9.75. The molecule has 2 N–H and O–H groups in total. The van der Waals surface area contributed by atoms with Crippen LogP contribution in [0.4, 0.5) is 5.69 Å². The van der Waals surface area contributed by atoms with Crippen molar-refractivity contribution in [1.29, 1.82) is 0 Å². The number of fused-ring (bicyclic) bond motifs is 5. The summed E-state index contributed by atoms with van der Waals surface area (Å²) in [7, 11) is 0. The SMILES string of the molecule is O=C(O)[C@@H]1Nc2c(ccc3ccccc23)[C@@H]2C=CC[C@H]12. The lowest BCUT2D eigenvalue weighted by atomic mass is 9.78. The molecule has 1 aliphatic heterocycles. The van der Waals surface area contributed by atoms with E-state index in [0.29, 0.717) is 0 Å². The molecule has 3 atom stereocenters. The Hall–Kier alpha value is -2.29. The van der Waals surface area contributed by atoms with Crippen LogP contribution in [0, 0.1) is 5.92 Å². The number of aliphatic carboxylic acids is 1. The molecular weight excluding hydrogens is 250 g/mol. The Balaban J connectivity index is 1.96. The van der Waals surface area contributed by atoms with E-state index in [1.165, 1.54) is 5.56 Å². The van der Waals surface area contributed by atoms with Gasteiger partial charge in [-0.1, -0.05) is 48.6 Å². The van der Waals surface area contributed by atoms with E-state index in [1.807, 2.05) is 12.1 Å². The Morgan fingerprint density at radius 3 is 2.90 bits per heavy atom. The zero-order valence-electron chi connectivity index (χ0n) is 10.9. The normalized spacial score (nSPS) is 26.9. The molecule has 1 heterocycles. The van der Waals surface area contributed by atoms with Crippen molar-refractivity contribution in [2.24, 2.45) is 5.92 Å². The van der Waals surface area contributed by atoms with Gasteiger partial charge in [0.15, 0.2) is 0 Å². The minimum Gasteiger partial charge on any atom is -0.480 e. The topological polar surface area (TPSA) is 49.3 Å². The molecule has 100 valence electrons. The van der Waals surface area contributed by atoms with Gasteiger partial charge in [0.1, 0.15) is 6.04 Å². The van der Waals surface area contributed by atoms with E-state index in [9.17, 15) is 9.90 Å². The number of hydrogen-bond acceptors (Lipinski definition) is 2. The lowest BCUT2D eigenvalue weighted by Crippen LogP contribution is -2.41. The molecule has 0 saturated carbocycles. The molecule has 0 bridgehead atoms. The second-order valence-electron chi connectivity index (χ2n) is 5.56. The van der Waals surface area contributed by atoms with E-state index >= 15 is 0 Å². The van der Waals surface area contributed by atoms with E-state index in [4.69, 9.17) is 0 Å². The fraction of sp³-hybridized carbons (Fsp3) is 0.235. The van der Waals surface area contributed by atoms with E-state index < -0.39 is 12.0 Å². The minimum atomic E-state index is -0.762. The maximum absolute atomic E-state index is 11.6. The molecule has 2 aromatic rings. The van der Waals surface area contributed by atoms with Crippen LogP contribution in [0.5, 0.6) is 0 Å². The van der Waals surface area contributed by atoms with Crippen molar-refractivity contribution in [3.05, 3.63) is 54.1 Å². The third-order valence-corrected chi connectivity index (χ3v) is 4.53. The van der Waals surface area contributed by atoms with Crippen LogP contribution in [0.25, 0.3) is 10.8 Å². The summed E-state index contributed by atoms with van der Waals surface area (Å²) in [6.07, 6.45) is 5.10. The molecule has 0 fully saturated rings. The Bertz CT molecular complexity index is 735. The monoisotopic (exact) mass is 265 g/mol. The zero-order valence-corrected chi connectivity index (χ0v) is 10.9. The Kier molecular flexibility index (Phi) is 2.36. The van der Waals surface area contributed by atoms with E-state index in [2.05, 4.69) is 41.7 Å². The zero-order chi connectivity index (χ0) is 13.7. The Morgan fingerprint density at radius 1 is 1.20 bits per heavy atom. The summed E-state index contributed by atoms with van der Waals surface area (Å²) < 4.78 is 0. The molecule has 0 radical (unpaired) electrons. The first kappa shape index (κ1) is 11.5. The highest BCUT2D eigenvalue weighted by Gasteiger charge is 2.41. The van der Waals surface area contributed by atoms with Crippen LogP contribution < -0.4 is 5.32 Å². The highest BCUT2D eigenvalue weighted by Crippen LogP contribution is 2.46. The van der Waals surface area contributed by atoms with Crippen molar-refractivity contribution >= 4 is 22.4 Å². The van der Waals surface area contributed by atoms with Gasteiger partial charge in [0.05, 0.1) is 0 Å². The van der Waals surface area contributed by atoms with Crippen molar-refractivity contribution < 1.29 is 9.90 Å². The number of carboxylic acid groups (broad SMARTS) is 1. The second kappa shape index (κ2) is 4.10. The third-order valence-electron chi connectivity index (χ3n) is 4.53. The maximum atomic E-state index is 11.6. The van der Waals surface area contributed by atoms with Gasteiger partial charge in [-0.15, -0.1) is 0 Å². The van der Waals surface area contributed by atoms with Crippen molar-refractivity contribution in [1.82, 2.24) is 0 Å². The van der Waals surface area contributed by atoms with Crippen LogP contribution in [0.1, 0.15) is 17.9 Å². The molecule has 3 heteroatoms. The van der Waals surface area contributed by atoms with Crippen LogP contribution in [0.2, 0.25) is 0 Å². The molecule has 2 aliphatic rings. The van der Waals surface area contributed by atoms with Gasteiger partial charge in [-0.05, 0) is 17.4 Å². The quantitative estimate of drug-likeness (QED) is 0.777. The first-order valence-electron chi connectivity index (χ1n) is 6.93. The van der Waals surface area contributed by atoms with Gasteiger partial charge >= 0.3 is 5.97 Å². The van der Waals surface area contributed by atoms with Gasteiger partial charge in [-0.25, -0.2) is 4.79 Å². The van der Waals surface area contributed by atoms with Crippen molar-refractivity contribution in [2.75, 3.05) is 5.32 Å². The molecule has 20 heavy (non-hydrogen) atoms. The Labute approximate surface area is 116 Å². The lowest BCUT2D eigenvalue weighted by molar-refractivity contribution is -0.139. The molecule has 3 nitrogen and oxygen atoms in total. The number of nitrogens with one attached hydrogen (secondary N) is 1. The largest absolute Gasteiger partial charge is 0.480 e. The highest BCUT2D eigenvalue weighted by molar-refractivity contribution is 5.98. The molecule has 0 saturated heterocycles. The maximum Gasteiger partial charge on any atom is 0.326 e. The molecule has 2 aromatic carbocycles. The smallest absolute Gasteiger partial charge is 0.326 e. The van der Waals surface area contributed by atoms with Crippen molar-refractivity contribution in [2.45, 2.75) is 18.4 Å². The lowest BCUT2D eigenvalue weighted by Gasteiger charge is -2.35. The fourth-order valence-electron chi connectivity index (χ4n) is 3.58. The van der Waals surface area contributed by atoms with Gasteiger partial charge < -0.3 is 10.4 Å². The third kappa shape index (κ3) is 1.49. The number of benzene rings is 2. The molecule has 0 spiro atoms. The number of rotatable bonds is 1. The summed E-state index contributed by atoms with van der Waals surface area (Å²) in [5.41, 5.74) is 2.21. The van der Waals surface area contributed by atoms with Gasteiger partial charge in [0.2, 0.25) is 0 Å². The fourth-order valence-corrected chi connectivity index (χ4v) is 3.58. The van der Waals surface area contributed by atoms with E-state index in [1.54, 1.807) is 0 Å². The molecule has 4 rings (SSSR count). The molecule has 1 aliphatic carbocycles. The number of carboxylic acids is 1. The summed E-state index contributed by atoms with van der Waals surface area (Å²) in [5.74, 6) is -0.416. The number of carbonyl (C=O) groups is 1. The molecule has 0 unspecified atom stereocenters. The van der Waals surface area contributed by atoms with Crippen LogP contribution in [-0.2, 0) is 4.79 Å². The number of anilines is 1.